The maximum Gasteiger partial charge on any atom is 0.449 e. The summed E-state index contributed by atoms with van der Waals surface area (Å²) < 4.78 is 67.3. The molecular formula is C25H28ClF4N3O6. The lowest BCUT2D eigenvalue weighted by molar-refractivity contribution is -0.153. The Morgan fingerprint density at radius 2 is 1.85 bits per heavy atom. The van der Waals surface area contributed by atoms with E-state index < -0.39 is 60.0 Å². The van der Waals surface area contributed by atoms with E-state index in [4.69, 9.17) is 25.5 Å². The minimum absolute atomic E-state index is 0.0761. The number of halogens is 5. The number of ether oxygens (including phenoxy) is 2. The molecule has 1 aliphatic heterocycles. The molecule has 2 heterocycles. The lowest BCUT2D eigenvalue weighted by Gasteiger charge is -2.39. The molecule has 0 saturated carbocycles. The summed E-state index contributed by atoms with van der Waals surface area (Å²) in [6, 6.07) is 4.03. The van der Waals surface area contributed by atoms with Crippen LogP contribution in [-0.2, 0) is 27.0 Å². The zero-order chi connectivity index (χ0) is 29.0. The predicted molar refractivity (Wildman–Crippen MR) is 130 cm³/mol. The molecule has 3 rings (SSSR count). The summed E-state index contributed by atoms with van der Waals surface area (Å²) in [7, 11) is 0. The average Bonchev–Trinajstić information content (AvgIpc) is 3.32. The van der Waals surface area contributed by atoms with Crippen molar-refractivity contribution in [2.75, 3.05) is 13.2 Å². The lowest BCUT2D eigenvalue weighted by Crippen LogP contribution is -2.59. The Balaban J connectivity index is 1.61. The molecule has 0 radical (unpaired) electrons. The van der Waals surface area contributed by atoms with E-state index in [9.17, 15) is 31.9 Å². The van der Waals surface area contributed by atoms with Crippen molar-refractivity contribution >= 4 is 29.5 Å². The van der Waals surface area contributed by atoms with Crippen LogP contribution in [-0.4, -0.2) is 53.6 Å². The number of alkyl halides is 3. The summed E-state index contributed by atoms with van der Waals surface area (Å²) in [4.78, 5) is 39.4. The number of benzene rings is 1. The molecule has 1 fully saturated rings. The van der Waals surface area contributed by atoms with Crippen molar-refractivity contribution in [1.29, 1.82) is 0 Å². The van der Waals surface area contributed by atoms with Crippen LogP contribution in [0.3, 0.4) is 0 Å². The van der Waals surface area contributed by atoms with E-state index in [-0.39, 0.29) is 36.0 Å². The number of hydrogen-bond donors (Lipinski definition) is 2. The van der Waals surface area contributed by atoms with Crippen LogP contribution in [0.5, 0.6) is 5.75 Å². The normalized spacial score (nSPS) is 17.9. The third-order valence-corrected chi connectivity index (χ3v) is 5.82. The van der Waals surface area contributed by atoms with Gasteiger partial charge in [-0.25, -0.2) is 9.18 Å². The van der Waals surface area contributed by atoms with Gasteiger partial charge in [0, 0.05) is 18.7 Å². The molecule has 214 valence electrons. The van der Waals surface area contributed by atoms with Crippen LogP contribution in [0, 0.1) is 5.82 Å². The number of furan rings is 1. The van der Waals surface area contributed by atoms with Crippen molar-refractivity contribution < 1.29 is 45.8 Å². The van der Waals surface area contributed by atoms with Crippen LogP contribution in [0.25, 0.3) is 0 Å². The van der Waals surface area contributed by atoms with E-state index in [1.165, 1.54) is 12.1 Å². The minimum atomic E-state index is -4.66. The number of nitrogens with zero attached hydrogens (tertiary/aromatic N) is 1. The zero-order valence-electron chi connectivity index (χ0n) is 21.4. The summed E-state index contributed by atoms with van der Waals surface area (Å²) >= 11 is 5.63. The van der Waals surface area contributed by atoms with Gasteiger partial charge in [-0.3, -0.25) is 14.5 Å². The topological polar surface area (TPSA) is 110 Å². The number of piperidine rings is 1. The summed E-state index contributed by atoms with van der Waals surface area (Å²) in [5, 5.41) is 5.10. The fourth-order valence-electron chi connectivity index (χ4n) is 3.79. The van der Waals surface area contributed by atoms with E-state index in [1.54, 1.807) is 20.8 Å². The van der Waals surface area contributed by atoms with Crippen LogP contribution in [0.15, 0.2) is 34.7 Å². The lowest BCUT2D eigenvalue weighted by atomic mass is 9.97. The van der Waals surface area contributed by atoms with Crippen LogP contribution in [0.2, 0.25) is 5.02 Å². The molecule has 9 nitrogen and oxygen atoms in total. The van der Waals surface area contributed by atoms with E-state index in [2.05, 4.69) is 10.6 Å². The quantitative estimate of drug-likeness (QED) is 0.463. The molecule has 0 bridgehead atoms. The first-order valence-electron chi connectivity index (χ1n) is 11.9. The molecule has 1 aromatic carbocycles. The highest BCUT2D eigenvalue weighted by Crippen LogP contribution is 2.30. The van der Waals surface area contributed by atoms with Gasteiger partial charge in [-0.2, -0.15) is 13.2 Å². The Bertz CT molecular complexity index is 1200. The summed E-state index contributed by atoms with van der Waals surface area (Å²) in [5.74, 6) is -3.07. The molecule has 39 heavy (non-hydrogen) atoms. The third-order valence-electron chi connectivity index (χ3n) is 5.52. The second kappa shape index (κ2) is 12.1. The monoisotopic (exact) mass is 577 g/mol. The van der Waals surface area contributed by atoms with Crippen molar-refractivity contribution in [3.8, 4) is 5.75 Å². The Hall–Kier alpha value is -3.48. The molecule has 2 N–H and O–H groups in total. The number of carbonyl (C=O) groups is 3. The maximum absolute atomic E-state index is 13.6. The largest absolute Gasteiger partial charge is 0.484 e. The van der Waals surface area contributed by atoms with Crippen LogP contribution in [0.1, 0.15) is 45.1 Å². The van der Waals surface area contributed by atoms with Gasteiger partial charge in [-0.05, 0) is 57.9 Å². The van der Waals surface area contributed by atoms with Gasteiger partial charge in [0.1, 0.15) is 29.0 Å². The fourth-order valence-corrected chi connectivity index (χ4v) is 3.90. The molecule has 14 heteroatoms. The molecule has 2 aromatic rings. The molecule has 3 amide bonds. The van der Waals surface area contributed by atoms with Crippen molar-refractivity contribution in [3.63, 3.8) is 0 Å². The Labute approximate surface area is 226 Å². The number of hydrogen-bond acceptors (Lipinski definition) is 6. The summed E-state index contributed by atoms with van der Waals surface area (Å²) in [6.45, 7) is 4.11. The Morgan fingerprint density at radius 3 is 2.46 bits per heavy atom. The van der Waals surface area contributed by atoms with Crippen LogP contribution in [0.4, 0.5) is 22.4 Å². The highest BCUT2D eigenvalue weighted by molar-refractivity contribution is 6.30. The van der Waals surface area contributed by atoms with Crippen LogP contribution < -0.4 is 15.4 Å². The van der Waals surface area contributed by atoms with Crippen molar-refractivity contribution in [2.45, 2.75) is 64.0 Å². The zero-order valence-corrected chi connectivity index (χ0v) is 22.1. The number of nitrogens with one attached hydrogen (secondary N) is 2. The van der Waals surface area contributed by atoms with Gasteiger partial charge in [-0.15, -0.1) is 0 Å². The predicted octanol–water partition coefficient (Wildman–Crippen LogP) is 4.67. The fraction of sp³-hybridized carbons (Fsp3) is 0.480. The maximum atomic E-state index is 13.6. The second-order valence-corrected chi connectivity index (χ2v) is 10.2. The first-order chi connectivity index (χ1) is 18.1. The molecule has 2 unspecified atom stereocenters. The molecule has 1 aromatic heterocycles. The van der Waals surface area contributed by atoms with Gasteiger partial charge in [0.2, 0.25) is 11.7 Å². The van der Waals surface area contributed by atoms with Gasteiger partial charge in [0.05, 0.1) is 11.6 Å². The van der Waals surface area contributed by atoms with Gasteiger partial charge in [0.15, 0.2) is 6.61 Å². The van der Waals surface area contributed by atoms with Gasteiger partial charge < -0.3 is 24.5 Å². The molecule has 0 aliphatic carbocycles. The molecule has 1 aliphatic rings. The molecular weight excluding hydrogens is 550 g/mol. The Kier molecular flexibility index (Phi) is 9.36. The molecule has 2 atom stereocenters. The first kappa shape index (κ1) is 30.1. The van der Waals surface area contributed by atoms with Crippen molar-refractivity contribution in [2.24, 2.45) is 0 Å². The molecule has 1 saturated heterocycles. The van der Waals surface area contributed by atoms with Crippen LogP contribution >= 0.6 is 11.6 Å². The van der Waals surface area contributed by atoms with E-state index in [0.717, 1.165) is 23.1 Å². The van der Waals surface area contributed by atoms with Crippen molar-refractivity contribution in [3.05, 3.63) is 52.7 Å². The standard InChI is InChI=1S/C25H28ClF4N3O6/c1-24(2,3)39-23(36)33-12-14(32-21(34)13-37-15-5-7-17(26)18(27)10-15)4-8-19(33)22(35)31-11-16-6-9-20(38-16)25(28,29)30/h5-7,9-10,14,19H,4,8,11-13H2,1-3H3,(H,31,35)(H,32,34). The smallest absolute Gasteiger partial charge is 0.449 e. The second-order valence-electron chi connectivity index (χ2n) is 9.84. The van der Waals surface area contributed by atoms with E-state index in [0.29, 0.717) is 6.42 Å². The SMILES string of the molecule is CC(C)(C)OC(=O)N1CC(NC(=O)COc2ccc(Cl)c(F)c2)CCC1C(=O)NCc1ccc(C(F)(F)F)o1. The van der Waals surface area contributed by atoms with Crippen molar-refractivity contribution in [1.82, 2.24) is 15.5 Å². The third kappa shape index (κ3) is 8.77. The van der Waals surface area contributed by atoms with Gasteiger partial charge in [-0.1, -0.05) is 11.6 Å². The highest BCUT2D eigenvalue weighted by Gasteiger charge is 2.39. The first-order valence-corrected chi connectivity index (χ1v) is 12.3. The minimum Gasteiger partial charge on any atom is -0.484 e. The van der Waals surface area contributed by atoms with Gasteiger partial charge in [0.25, 0.3) is 5.91 Å². The number of carbonyl (C=O) groups excluding carboxylic acids is 3. The summed E-state index contributed by atoms with van der Waals surface area (Å²) in [6.07, 6.45) is -5.02. The van der Waals surface area contributed by atoms with E-state index in [1.807, 2.05) is 0 Å². The molecule has 0 spiro atoms. The van der Waals surface area contributed by atoms with Gasteiger partial charge >= 0.3 is 12.3 Å². The number of likely N-dealkylation sites (tertiary alicyclic amines) is 1. The Morgan fingerprint density at radius 1 is 1.13 bits per heavy atom. The number of amides is 3. The average molecular weight is 578 g/mol. The summed E-state index contributed by atoms with van der Waals surface area (Å²) in [5.41, 5.74) is -0.877. The highest BCUT2D eigenvalue weighted by atomic mass is 35.5. The number of rotatable bonds is 7. The van der Waals surface area contributed by atoms with E-state index >= 15 is 0 Å².